The largest absolute Gasteiger partial charge is 0.481 e. The first kappa shape index (κ1) is 17.7. The molecule has 27 heavy (non-hydrogen) atoms. The van der Waals surface area contributed by atoms with Crippen LogP contribution in [0.4, 0.5) is 0 Å². The summed E-state index contributed by atoms with van der Waals surface area (Å²) in [5.41, 5.74) is 5.50. The fourth-order valence-electron chi connectivity index (χ4n) is 3.87. The van der Waals surface area contributed by atoms with Crippen molar-refractivity contribution >= 4 is 39.5 Å². The molecule has 0 saturated heterocycles. The third-order valence-electron chi connectivity index (χ3n) is 5.05. The van der Waals surface area contributed by atoms with Crippen molar-refractivity contribution < 1.29 is 9.90 Å². The summed E-state index contributed by atoms with van der Waals surface area (Å²) < 4.78 is 2.33. The Morgan fingerprint density at radius 2 is 1.74 bits per heavy atom. The van der Waals surface area contributed by atoms with Crippen LogP contribution in [0, 0.1) is 6.92 Å². The SMILES string of the molecule is CSc1c(CC(=O)O)c(C)cc2c3ccccc3n(Cc3ccccc3)c12. The number of fused-ring (bicyclic) bond motifs is 3. The molecule has 4 rings (SSSR count). The maximum absolute atomic E-state index is 11.5. The number of aliphatic carboxylic acids is 1. The van der Waals surface area contributed by atoms with Gasteiger partial charge >= 0.3 is 5.97 Å². The van der Waals surface area contributed by atoms with E-state index < -0.39 is 5.97 Å². The molecule has 0 fully saturated rings. The zero-order valence-corrected chi connectivity index (χ0v) is 16.2. The Labute approximate surface area is 162 Å². The van der Waals surface area contributed by atoms with Crippen molar-refractivity contribution in [2.75, 3.05) is 6.26 Å². The molecule has 0 atom stereocenters. The molecule has 0 saturated carbocycles. The van der Waals surface area contributed by atoms with Crippen LogP contribution in [0.15, 0.2) is 65.6 Å². The second-order valence-electron chi connectivity index (χ2n) is 6.76. The number of hydrogen-bond donors (Lipinski definition) is 1. The number of aromatic nitrogens is 1. The molecule has 136 valence electrons. The van der Waals surface area contributed by atoms with Crippen LogP contribution in [0.25, 0.3) is 21.8 Å². The minimum atomic E-state index is -0.793. The van der Waals surface area contributed by atoms with Crippen LogP contribution in [0.1, 0.15) is 16.7 Å². The summed E-state index contributed by atoms with van der Waals surface area (Å²) in [6.07, 6.45) is 2.08. The van der Waals surface area contributed by atoms with Gasteiger partial charge in [0.05, 0.1) is 11.9 Å². The standard InChI is InChI=1S/C23H21NO2S/c1-15-12-19-17-10-6-7-11-20(17)24(14-16-8-4-3-5-9-16)22(19)23(27-2)18(15)13-21(25)26/h3-12H,13-14H2,1-2H3,(H,25,26). The number of carboxylic acids is 1. The predicted molar refractivity (Wildman–Crippen MR) is 113 cm³/mol. The van der Waals surface area contributed by atoms with Gasteiger partial charge in [-0.1, -0.05) is 48.5 Å². The monoisotopic (exact) mass is 375 g/mol. The number of para-hydroxylation sites is 1. The topological polar surface area (TPSA) is 42.2 Å². The number of nitrogens with zero attached hydrogens (tertiary/aromatic N) is 1. The zero-order valence-electron chi connectivity index (χ0n) is 15.4. The van der Waals surface area contributed by atoms with Gasteiger partial charge in [-0.05, 0) is 42.0 Å². The van der Waals surface area contributed by atoms with Crippen LogP contribution in [0.5, 0.6) is 0 Å². The molecular formula is C23H21NO2S. The van der Waals surface area contributed by atoms with E-state index in [0.29, 0.717) is 0 Å². The molecule has 3 aromatic carbocycles. The van der Waals surface area contributed by atoms with E-state index in [2.05, 4.69) is 59.2 Å². The first-order valence-corrected chi connectivity index (χ1v) is 10.2. The Bertz CT molecular complexity index is 1150. The van der Waals surface area contributed by atoms with E-state index in [0.717, 1.165) is 28.1 Å². The van der Waals surface area contributed by atoms with Gasteiger partial charge in [0.15, 0.2) is 0 Å². The van der Waals surface area contributed by atoms with Crippen molar-refractivity contribution in [2.24, 2.45) is 0 Å². The van der Waals surface area contributed by atoms with Crippen LogP contribution in [0.2, 0.25) is 0 Å². The lowest BCUT2D eigenvalue weighted by atomic mass is 10.0. The van der Waals surface area contributed by atoms with Gasteiger partial charge in [-0.2, -0.15) is 0 Å². The molecule has 0 unspecified atom stereocenters. The summed E-state index contributed by atoms with van der Waals surface area (Å²) in [6.45, 7) is 2.77. The molecule has 0 aliphatic carbocycles. The van der Waals surface area contributed by atoms with E-state index in [-0.39, 0.29) is 6.42 Å². The second-order valence-corrected chi connectivity index (χ2v) is 7.58. The molecule has 0 aliphatic heterocycles. The third-order valence-corrected chi connectivity index (χ3v) is 5.90. The lowest BCUT2D eigenvalue weighted by Crippen LogP contribution is -2.06. The summed E-state index contributed by atoms with van der Waals surface area (Å²) in [5, 5.41) is 11.8. The van der Waals surface area contributed by atoms with Crippen molar-refractivity contribution in [2.45, 2.75) is 24.8 Å². The summed E-state index contributed by atoms with van der Waals surface area (Å²) >= 11 is 1.64. The Morgan fingerprint density at radius 3 is 2.44 bits per heavy atom. The quantitative estimate of drug-likeness (QED) is 0.468. The molecule has 0 aliphatic rings. The highest BCUT2D eigenvalue weighted by molar-refractivity contribution is 7.98. The van der Waals surface area contributed by atoms with Crippen molar-refractivity contribution in [3.63, 3.8) is 0 Å². The average molecular weight is 375 g/mol. The van der Waals surface area contributed by atoms with E-state index in [1.165, 1.54) is 21.9 Å². The number of carboxylic acid groups (broad SMARTS) is 1. The van der Waals surface area contributed by atoms with Gasteiger partial charge in [0.2, 0.25) is 0 Å². The van der Waals surface area contributed by atoms with Crippen molar-refractivity contribution in [3.8, 4) is 0 Å². The van der Waals surface area contributed by atoms with Crippen molar-refractivity contribution in [1.82, 2.24) is 4.57 Å². The molecule has 1 aromatic heterocycles. The van der Waals surface area contributed by atoms with Gasteiger partial charge in [-0.3, -0.25) is 4.79 Å². The molecule has 4 aromatic rings. The summed E-state index contributed by atoms with van der Waals surface area (Å²) in [4.78, 5) is 12.5. The Balaban J connectivity index is 2.08. The van der Waals surface area contributed by atoms with E-state index in [1.54, 1.807) is 11.8 Å². The van der Waals surface area contributed by atoms with Crippen molar-refractivity contribution in [1.29, 1.82) is 0 Å². The molecule has 0 spiro atoms. The fourth-order valence-corrected chi connectivity index (χ4v) is 4.76. The smallest absolute Gasteiger partial charge is 0.307 e. The maximum atomic E-state index is 11.5. The number of benzene rings is 3. The lowest BCUT2D eigenvalue weighted by Gasteiger charge is -2.15. The molecule has 0 amide bonds. The highest BCUT2D eigenvalue weighted by Crippen LogP contribution is 2.39. The Kier molecular flexibility index (Phi) is 4.66. The zero-order chi connectivity index (χ0) is 19.0. The molecular weight excluding hydrogens is 354 g/mol. The van der Waals surface area contributed by atoms with Gasteiger partial charge in [0, 0.05) is 27.7 Å². The number of thioether (sulfide) groups is 1. The summed E-state index contributed by atoms with van der Waals surface area (Å²) in [5.74, 6) is -0.793. The molecule has 1 heterocycles. The Morgan fingerprint density at radius 1 is 1.04 bits per heavy atom. The van der Waals surface area contributed by atoms with Crippen molar-refractivity contribution in [3.05, 3.63) is 77.4 Å². The number of carbonyl (C=O) groups is 1. The van der Waals surface area contributed by atoms with Crippen LogP contribution in [-0.2, 0) is 17.8 Å². The highest BCUT2D eigenvalue weighted by atomic mass is 32.2. The van der Waals surface area contributed by atoms with Crippen LogP contribution < -0.4 is 0 Å². The third kappa shape index (κ3) is 3.10. The number of aryl methyl sites for hydroxylation is 1. The first-order chi connectivity index (χ1) is 13.1. The molecule has 4 heteroatoms. The number of rotatable bonds is 5. The van der Waals surface area contributed by atoms with E-state index in [9.17, 15) is 9.90 Å². The molecule has 0 radical (unpaired) electrons. The first-order valence-electron chi connectivity index (χ1n) is 8.93. The minimum Gasteiger partial charge on any atom is -0.481 e. The molecule has 3 nitrogen and oxygen atoms in total. The van der Waals surface area contributed by atoms with E-state index >= 15 is 0 Å². The van der Waals surface area contributed by atoms with Crippen LogP contribution in [0.3, 0.4) is 0 Å². The van der Waals surface area contributed by atoms with Gasteiger partial charge in [-0.25, -0.2) is 0 Å². The maximum Gasteiger partial charge on any atom is 0.307 e. The fraction of sp³-hybridized carbons (Fsp3) is 0.174. The normalized spacial score (nSPS) is 11.3. The van der Waals surface area contributed by atoms with Gasteiger partial charge < -0.3 is 9.67 Å². The van der Waals surface area contributed by atoms with E-state index in [1.807, 2.05) is 19.2 Å². The van der Waals surface area contributed by atoms with Gasteiger partial charge in [0.25, 0.3) is 0 Å². The van der Waals surface area contributed by atoms with Gasteiger partial charge in [-0.15, -0.1) is 11.8 Å². The van der Waals surface area contributed by atoms with Crippen LogP contribution in [-0.4, -0.2) is 21.9 Å². The second kappa shape index (κ2) is 7.12. The minimum absolute atomic E-state index is 0.0464. The van der Waals surface area contributed by atoms with Gasteiger partial charge in [0.1, 0.15) is 0 Å². The predicted octanol–water partition coefficient (Wildman–Crippen LogP) is 5.50. The molecule has 0 bridgehead atoms. The van der Waals surface area contributed by atoms with Crippen LogP contribution >= 0.6 is 11.8 Å². The lowest BCUT2D eigenvalue weighted by molar-refractivity contribution is -0.136. The van der Waals surface area contributed by atoms with E-state index in [4.69, 9.17) is 0 Å². The number of hydrogen-bond acceptors (Lipinski definition) is 2. The Hall–Kier alpha value is -2.72. The highest BCUT2D eigenvalue weighted by Gasteiger charge is 2.20. The summed E-state index contributed by atoms with van der Waals surface area (Å²) in [6, 6.07) is 21.0. The molecule has 1 N–H and O–H groups in total. The average Bonchev–Trinajstić information content (AvgIpc) is 2.96. The summed E-state index contributed by atoms with van der Waals surface area (Å²) in [7, 11) is 0.